The van der Waals surface area contributed by atoms with Gasteiger partial charge in [-0.3, -0.25) is 4.79 Å². The van der Waals surface area contributed by atoms with E-state index in [9.17, 15) is 18.3 Å². The Labute approximate surface area is 158 Å². The minimum absolute atomic E-state index is 0. The quantitative estimate of drug-likeness (QED) is 0.825. The van der Waals surface area contributed by atoms with Crippen LogP contribution in [0.3, 0.4) is 0 Å². The zero-order chi connectivity index (χ0) is 15.6. The molecule has 0 radical (unpaired) electrons. The van der Waals surface area contributed by atoms with Gasteiger partial charge >= 0.3 is 35.5 Å². The first-order chi connectivity index (χ1) is 9.79. The van der Waals surface area contributed by atoms with Gasteiger partial charge in [-0.25, -0.2) is 8.42 Å². The molecule has 0 unspecified atom stereocenters. The summed E-state index contributed by atoms with van der Waals surface area (Å²) < 4.78 is 23.1. The van der Waals surface area contributed by atoms with Crippen LogP contribution in [0.1, 0.15) is 43.6 Å². The first-order valence-corrected chi connectivity index (χ1v) is 9.28. The molecule has 0 spiro atoms. The van der Waals surface area contributed by atoms with Crippen LogP contribution in [0.25, 0.3) is 0 Å². The molecular formula is C15H20ClNaO4S. The summed E-state index contributed by atoms with van der Waals surface area (Å²) in [5.74, 6) is -1.08. The van der Waals surface area contributed by atoms with Gasteiger partial charge < -0.3 is 5.11 Å². The van der Waals surface area contributed by atoms with Crippen LogP contribution in [-0.2, 0) is 14.6 Å². The van der Waals surface area contributed by atoms with Crippen LogP contribution in [-0.4, -0.2) is 55.3 Å². The number of halogens is 1. The molecule has 0 heterocycles. The van der Waals surface area contributed by atoms with E-state index in [2.05, 4.69) is 0 Å². The average Bonchev–Trinajstić information content (AvgIpc) is 2.86. The number of carboxylic acids is 1. The summed E-state index contributed by atoms with van der Waals surface area (Å²) in [5, 5.41) is 9.54. The fourth-order valence-electron chi connectivity index (χ4n) is 2.99. The summed E-state index contributed by atoms with van der Waals surface area (Å²) in [6.07, 6.45) is 6.12. The molecular weight excluding hydrogens is 335 g/mol. The van der Waals surface area contributed by atoms with Gasteiger partial charge in [0, 0.05) is 6.26 Å². The van der Waals surface area contributed by atoms with E-state index in [1.54, 1.807) is 6.07 Å². The second kappa shape index (κ2) is 8.15. The average molecular weight is 355 g/mol. The molecule has 2 rings (SSSR count). The van der Waals surface area contributed by atoms with Crippen molar-refractivity contribution in [1.82, 2.24) is 0 Å². The Morgan fingerprint density at radius 2 is 1.95 bits per heavy atom. The summed E-state index contributed by atoms with van der Waals surface area (Å²) in [6.45, 7) is 0. The molecule has 0 bridgehead atoms. The van der Waals surface area contributed by atoms with Gasteiger partial charge in [-0.15, -0.1) is 0 Å². The minimum atomic E-state index is -3.40. The van der Waals surface area contributed by atoms with E-state index in [0.29, 0.717) is 17.9 Å². The predicted octanol–water partition coefficient (Wildman–Crippen LogP) is 2.84. The maximum atomic E-state index is 11.5. The Balaban J connectivity index is 0.00000242. The molecule has 4 nitrogen and oxygen atoms in total. The molecule has 1 fully saturated rings. The first kappa shape index (κ1) is 20.0. The topological polar surface area (TPSA) is 71.4 Å². The molecule has 1 atom stereocenters. The van der Waals surface area contributed by atoms with Crippen LogP contribution >= 0.6 is 11.6 Å². The van der Waals surface area contributed by atoms with E-state index >= 15 is 0 Å². The monoisotopic (exact) mass is 354 g/mol. The van der Waals surface area contributed by atoms with Crippen LogP contribution in [0.5, 0.6) is 0 Å². The molecule has 0 aliphatic heterocycles. The molecule has 118 valence electrons. The Bertz CT molecular complexity index is 639. The Morgan fingerprint density at radius 1 is 1.36 bits per heavy atom. The molecule has 1 aliphatic carbocycles. The molecule has 0 saturated heterocycles. The number of aliphatic carboxylic acids is 1. The molecule has 1 aliphatic rings. The standard InChI is InChI=1S/C15H19ClO4S.Na.H/c1-21(19,20)14-7-6-11(9-13(14)16)12(15(17)18)8-10-4-2-3-5-10;;/h6-7,9-10,12H,2-5,8H2,1H3,(H,17,18);;/t12-;;/m1../s1. The van der Waals surface area contributed by atoms with Crippen molar-refractivity contribution in [3.8, 4) is 0 Å². The second-order valence-corrected chi connectivity index (χ2v) is 8.13. The molecule has 1 N–H and O–H groups in total. The summed E-state index contributed by atoms with van der Waals surface area (Å²) >= 11 is 6.01. The van der Waals surface area contributed by atoms with Gasteiger partial charge in [0.15, 0.2) is 9.84 Å². The van der Waals surface area contributed by atoms with Crippen molar-refractivity contribution in [1.29, 1.82) is 0 Å². The van der Waals surface area contributed by atoms with E-state index < -0.39 is 21.7 Å². The molecule has 1 saturated carbocycles. The van der Waals surface area contributed by atoms with E-state index in [-0.39, 0.29) is 39.5 Å². The Hall–Kier alpha value is -0.0700. The van der Waals surface area contributed by atoms with E-state index in [1.165, 1.54) is 12.1 Å². The summed E-state index contributed by atoms with van der Waals surface area (Å²) in [7, 11) is -3.40. The maximum absolute atomic E-state index is 11.5. The van der Waals surface area contributed by atoms with Gasteiger partial charge in [0.2, 0.25) is 0 Å². The molecule has 7 heteroatoms. The van der Waals surface area contributed by atoms with Crippen LogP contribution in [0.15, 0.2) is 23.1 Å². The molecule has 0 aromatic heterocycles. The van der Waals surface area contributed by atoms with Gasteiger partial charge in [-0.2, -0.15) is 0 Å². The van der Waals surface area contributed by atoms with Crippen molar-refractivity contribution < 1.29 is 18.3 Å². The van der Waals surface area contributed by atoms with Crippen molar-refractivity contribution >= 4 is 57.0 Å². The Kier molecular flexibility index (Phi) is 7.40. The number of rotatable bonds is 5. The van der Waals surface area contributed by atoms with E-state index in [1.807, 2.05) is 0 Å². The van der Waals surface area contributed by atoms with Crippen molar-refractivity contribution in [2.24, 2.45) is 5.92 Å². The van der Waals surface area contributed by atoms with Gasteiger partial charge in [0.25, 0.3) is 0 Å². The van der Waals surface area contributed by atoms with Gasteiger partial charge in [-0.1, -0.05) is 43.4 Å². The fraction of sp³-hybridized carbons (Fsp3) is 0.533. The van der Waals surface area contributed by atoms with E-state index in [0.717, 1.165) is 31.9 Å². The predicted molar refractivity (Wildman–Crippen MR) is 88.7 cm³/mol. The number of sulfone groups is 1. The summed E-state index contributed by atoms with van der Waals surface area (Å²) in [6, 6.07) is 4.44. The van der Waals surface area contributed by atoms with Gasteiger partial charge in [0.1, 0.15) is 0 Å². The molecule has 0 amide bonds. The number of hydrogen-bond acceptors (Lipinski definition) is 3. The zero-order valence-electron chi connectivity index (χ0n) is 11.9. The van der Waals surface area contributed by atoms with Crippen LogP contribution in [0.4, 0.5) is 0 Å². The second-order valence-electron chi connectivity index (χ2n) is 5.74. The summed E-state index contributed by atoms with van der Waals surface area (Å²) in [4.78, 5) is 11.6. The fourth-order valence-corrected chi connectivity index (χ4v) is 4.33. The third-order valence-electron chi connectivity index (χ3n) is 4.10. The van der Waals surface area contributed by atoms with Crippen LogP contribution < -0.4 is 0 Å². The van der Waals surface area contributed by atoms with Crippen molar-refractivity contribution in [3.63, 3.8) is 0 Å². The first-order valence-electron chi connectivity index (χ1n) is 7.01. The third kappa shape index (κ3) is 4.96. The van der Waals surface area contributed by atoms with Crippen molar-refractivity contribution in [3.05, 3.63) is 28.8 Å². The number of carboxylic acid groups (broad SMARTS) is 1. The molecule has 22 heavy (non-hydrogen) atoms. The van der Waals surface area contributed by atoms with Crippen LogP contribution in [0.2, 0.25) is 5.02 Å². The number of benzene rings is 1. The zero-order valence-corrected chi connectivity index (χ0v) is 13.5. The normalized spacial score (nSPS) is 17.0. The number of hydrogen-bond donors (Lipinski definition) is 1. The SMILES string of the molecule is CS(=O)(=O)c1ccc([C@@H](CC2CCCC2)C(=O)O)cc1Cl.[NaH]. The Morgan fingerprint density at radius 3 is 2.41 bits per heavy atom. The van der Waals surface area contributed by atoms with Crippen molar-refractivity contribution in [2.45, 2.75) is 42.9 Å². The van der Waals surface area contributed by atoms with Gasteiger partial charge in [0.05, 0.1) is 15.8 Å². The van der Waals surface area contributed by atoms with Crippen molar-refractivity contribution in [2.75, 3.05) is 6.26 Å². The third-order valence-corrected chi connectivity index (χ3v) is 5.68. The number of carbonyl (C=O) groups is 1. The summed E-state index contributed by atoms with van der Waals surface area (Å²) in [5.41, 5.74) is 0.576. The van der Waals surface area contributed by atoms with E-state index in [4.69, 9.17) is 11.6 Å². The molecule has 1 aromatic rings. The van der Waals surface area contributed by atoms with Crippen LogP contribution in [0, 0.1) is 5.92 Å². The molecule has 1 aromatic carbocycles. The van der Waals surface area contributed by atoms with Gasteiger partial charge in [-0.05, 0) is 30.0 Å².